The van der Waals surface area contributed by atoms with Crippen LogP contribution in [0.4, 0.5) is 0 Å². The molecule has 0 bridgehead atoms. The van der Waals surface area contributed by atoms with Gasteiger partial charge in [0.1, 0.15) is 0 Å². The van der Waals surface area contributed by atoms with E-state index in [9.17, 15) is 8.42 Å². The molecule has 0 atom stereocenters. The molecular formula is C8H17Br2NO3S. The molecular weight excluding hydrogens is 350 g/mol. The number of nitrogens with one attached hydrogen (secondary N) is 1. The summed E-state index contributed by atoms with van der Waals surface area (Å²) in [5.41, 5.74) is -0.480. The topological polar surface area (TPSA) is 55.4 Å². The van der Waals surface area contributed by atoms with Crippen LogP contribution in [0.3, 0.4) is 0 Å². The largest absolute Gasteiger partial charge is 0.385 e. The van der Waals surface area contributed by atoms with E-state index in [-0.39, 0.29) is 5.75 Å². The normalized spacial score (nSPS) is 13.1. The Kier molecular flexibility index (Phi) is 7.61. The van der Waals surface area contributed by atoms with Gasteiger partial charge in [-0.05, 0) is 13.3 Å². The van der Waals surface area contributed by atoms with Gasteiger partial charge in [0.25, 0.3) is 0 Å². The third kappa shape index (κ3) is 6.88. The second-order valence-corrected chi connectivity index (χ2v) is 6.56. The van der Waals surface area contributed by atoms with Gasteiger partial charge in [0.2, 0.25) is 10.0 Å². The summed E-state index contributed by atoms with van der Waals surface area (Å²) in [7, 11) is -1.67. The molecule has 0 amide bonds. The summed E-state index contributed by atoms with van der Waals surface area (Å²) in [6.07, 6.45) is 0.506. The molecule has 4 nitrogen and oxygen atoms in total. The lowest BCUT2D eigenvalue weighted by Crippen LogP contribution is -2.49. The highest BCUT2D eigenvalue weighted by atomic mass is 79.9. The zero-order valence-corrected chi connectivity index (χ0v) is 12.9. The summed E-state index contributed by atoms with van der Waals surface area (Å²) >= 11 is 6.57. The van der Waals surface area contributed by atoms with Crippen molar-refractivity contribution in [1.29, 1.82) is 0 Å². The van der Waals surface area contributed by atoms with E-state index >= 15 is 0 Å². The first-order chi connectivity index (χ1) is 6.89. The molecule has 0 aromatic heterocycles. The van der Waals surface area contributed by atoms with Gasteiger partial charge < -0.3 is 4.74 Å². The highest BCUT2D eigenvalue weighted by Gasteiger charge is 2.27. The van der Waals surface area contributed by atoms with E-state index in [4.69, 9.17) is 4.74 Å². The van der Waals surface area contributed by atoms with Crippen LogP contribution in [0.5, 0.6) is 0 Å². The number of sulfonamides is 1. The number of halogens is 2. The summed E-state index contributed by atoms with van der Waals surface area (Å²) in [6, 6.07) is 0. The third-order valence-corrected chi connectivity index (χ3v) is 5.86. The van der Waals surface area contributed by atoms with Crippen molar-refractivity contribution in [2.45, 2.75) is 18.9 Å². The van der Waals surface area contributed by atoms with Crippen LogP contribution < -0.4 is 4.72 Å². The smallest absolute Gasteiger partial charge is 0.212 e. The van der Waals surface area contributed by atoms with Gasteiger partial charge >= 0.3 is 0 Å². The lowest BCUT2D eigenvalue weighted by atomic mass is 10.1. The van der Waals surface area contributed by atoms with Crippen molar-refractivity contribution in [2.75, 3.05) is 30.1 Å². The predicted octanol–water partition coefficient (Wildman–Crippen LogP) is 1.49. The molecule has 0 saturated carbocycles. The number of hydrogen-bond acceptors (Lipinski definition) is 3. The number of rotatable bonds is 8. The van der Waals surface area contributed by atoms with Crippen LogP contribution in [-0.4, -0.2) is 44.1 Å². The van der Waals surface area contributed by atoms with Gasteiger partial charge in [-0.15, -0.1) is 0 Å². The molecule has 0 aromatic carbocycles. The Morgan fingerprint density at radius 3 is 2.27 bits per heavy atom. The van der Waals surface area contributed by atoms with E-state index in [2.05, 4.69) is 36.6 Å². The minimum atomic E-state index is -3.23. The summed E-state index contributed by atoms with van der Waals surface area (Å²) in [5.74, 6) is 0.0937. The molecule has 0 aliphatic rings. The lowest BCUT2D eigenvalue weighted by molar-refractivity contribution is 0.199. The van der Waals surface area contributed by atoms with E-state index in [1.54, 1.807) is 7.11 Å². The molecule has 0 aromatic rings. The minimum absolute atomic E-state index is 0.0937. The van der Waals surface area contributed by atoms with E-state index in [0.717, 1.165) is 0 Å². The summed E-state index contributed by atoms with van der Waals surface area (Å²) in [5, 5.41) is 1.13. The van der Waals surface area contributed by atoms with E-state index in [1.165, 1.54) is 0 Å². The van der Waals surface area contributed by atoms with Crippen molar-refractivity contribution in [3.8, 4) is 0 Å². The predicted molar refractivity (Wildman–Crippen MR) is 69.4 cm³/mol. The fourth-order valence-corrected chi connectivity index (χ4v) is 3.99. The van der Waals surface area contributed by atoms with Crippen LogP contribution >= 0.6 is 31.9 Å². The Morgan fingerprint density at radius 1 is 1.33 bits per heavy atom. The monoisotopic (exact) mass is 365 g/mol. The van der Waals surface area contributed by atoms with Gasteiger partial charge in [-0.25, -0.2) is 13.1 Å². The maximum Gasteiger partial charge on any atom is 0.212 e. The molecule has 0 aliphatic heterocycles. The SMILES string of the molecule is COCCCS(=O)(=O)NC(C)(CBr)CBr. The second-order valence-electron chi connectivity index (χ2n) is 3.60. The molecule has 0 radical (unpaired) electrons. The highest BCUT2D eigenvalue weighted by Crippen LogP contribution is 2.13. The first-order valence-electron chi connectivity index (χ1n) is 4.51. The van der Waals surface area contributed by atoms with Gasteiger partial charge in [-0.2, -0.15) is 0 Å². The zero-order valence-electron chi connectivity index (χ0n) is 8.92. The van der Waals surface area contributed by atoms with Gasteiger partial charge in [0, 0.05) is 29.9 Å². The van der Waals surface area contributed by atoms with Crippen molar-refractivity contribution >= 4 is 41.9 Å². The van der Waals surface area contributed by atoms with Gasteiger partial charge in [-0.1, -0.05) is 31.9 Å². The van der Waals surface area contributed by atoms with E-state index in [1.807, 2.05) is 6.92 Å². The molecule has 0 saturated heterocycles. The zero-order chi connectivity index (χ0) is 11.9. The number of hydrogen-bond donors (Lipinski definition) is 1. The fourth-order valence-electron chi connectivity index (χ4n) is 0.910. The number of methoxy groups -OCH3 is 1. The summed E-state index contributed by atoms with van der Waals surface area (Å²) < 4.78 is 30.7. The molecule has 0 unspecified atom stereocenters. The molecule has 7 heteroatoms. The van der Waals surface area contributed by atoms with Crippen LogP contribution in [0, 0.1) is 0 Å². The molecule has 0 heterocycles. The standard InChI is InChI=1S/C8H17Br2NO3S/c1-8(6-9,7-10)11-15(12,13)5-3-4-14-2/h11H,3-7H2,1-2H3. The first-order valence-corrected chi connectivity index (χ1v) is 8.41. The van der Waals surface area contributed by atoms with Gasteiger partial charge in [-0.3, -0.25) is 0 Å². The van der Waals surface area contributed by atoms with Crippen LogP contribution in [0.1, 0.15) is 13.3 Å². The molecule has 1 N–H and O–H groups in total. The fraction of sp³-hybridized carbons (Fsp3) is 1.00. The van der Waals surface area contributed by atoms with Crippen molar-refractivity contribution in [3.05, 3.63) is 0 Å². The Labute approximate surface area is 108 Å². The Hall–Kier alpha value is 0.830. The maximum absolute atomic E-state index is 11.6. The third-order valence-electron chi connectivity index (χ3n) is 1.75. The van der Waals surface area contributed by atoms with Crippen molar-refractivity contribution < 1.29 is 13.2 Å². The van der Waals surface area contributed by atoms with Crippen molar-refractivity contribution in [1.82, 2.24) is 4.72 Å². The van der Waals surface area contributed by atoms with Gasteiger partial charge in [0.05, 0.1) is 5.75 Å². The number of ether oxygens (including phenoxy) is 1. The van der Waals surface area contributed by atoms with E-state index < -0.39 is 15.6 Å². The summed E-state index contributed by atoms with van der Waals surface area (Å²) in [4.78, 5) is 0. The maximum atomic E-state index is 11.6. The van der Waals surface area contributed by atoms with E-state index in [0.29, 0.717) is 23.7 Å². The number of alkyl halides is 2. The summed E-state index contributed by atoms with van der Waals surface area (Å²) in [6.45, 7) is 2.30. The van der Waals surface area contributed by atoms with Gasteiger partial charge in [0.15, 0.2) is 0 Å². The lowest BCUT2D eigenvalue weighted by Gasteiger charge is -2.25. The van der Waals surface area contributed by atoms with Crippen LogP contribution in [0.15, 0.2) is 0 Å². The van der Waals surface area contributed by atoms with Crippen LogP contribution in [0.2, 0.25) is 0 Å². The Morgan fingerprint density at radius 2 is 1.87 bits per heavy atom. The molecule has 0 rings (SSSR count). The molecule has 0 spiro atoms. The minimum Gasteiger partial charge on any atom is -0.385 e. The average molecular weight is 367 g/mol. The first kappa shape index (κ1) is 15.8. The molecule has 0 fully saturated rings. The van der Waals surface area contributed by atoms with Crippen molar-refractivity contribution in [2.24, 2.45) is 0 Å². The second kappa shape index (κ2) is 7.21. The Bertz CT molecular complexity index is 265. The average Bonchev–Trinajstić information content (AvgIpc) is 2.17. The van der Waals surface area contributed by atoms with Crippen LogP contribution in [-0.2, 0) is 14.8 Å². The molecule has 15 heavy (non-hydrogen) atoms. The Balaban J connectivity index is 4.24. The highest BCUT2D eigenvalue weighted by molar-refractivity contribution is 9.09. The van der Waals surface area contributed by atoms with Crippen molar-refractivity contribution in [3.63, 3.8) is 0 Å². The quantitative estimate of drug-likeness (QED) is 0.523. The van der Waals surface area contributed by atoms with Crippen LogP contribution in [0.25, 0.3) is 0 Å². The molecule has 0 aliphatic carbocycles. The molecule has 92 valence electrons.